The minimum atomic E-state index is -5.15. The third kappa shape index (κ3) is 28.8. The third-order valence-corrected chi connectivity index (χ3v) is 11.1. The molecule has 0 spiro atoms. The topological polar surface area (TPSA) is 230 Å². The molecule has 62 heavy (non-hydrogen) atoms. The third-order valence-electron chi connectivity index (χ3n) is 10.1. The molecule has 0 bridgehead atoms. The van der Waals surface area contributed by atoms with Gasteiger partial charge in [-0.25, -0.2) is 4.57 Å². The number of unbranched alkanes of at least 4 members (excludes halogenated alkanes) is 12. The monoisotopic (exact) mass is 899 g/mol. The molecule has 0 aromatic rings. The van der Waals surface area contributed by atoms with Gasteiger partial charge in [-0.1, -0.05) is 138 Å². The van der Waals surface area contributed by atoms with Crippen LogP contribution in [0.25, 0.3) is 0 Å². The Morgan fingerprint density at radius 2 is 1.11 bits per heavy atom. The van der Waals surface area contributed by atoms with Gasteiger partial charge in [-0.15, -0.1) is 0 Å². The predicted octanol–water partition coefficient (Wildman–Crippen LogP) is 7.69. The van der Waals surface area contributed by atoms with Gasteiger partial charge in [0, 0.05) is 12.8 Å². The molecule has 14 nitrogen and oxygen atoms in total. The number of carbonyl (C=O) groups is 2. The average molecular weight is 899 g/mol. The van der Waals surface area contributed by atoms with Crippen molar-refractivity contribution in [3.8, 4) is 0 Å². The fourth-order valence-corrected chi connectivity index (χ4v) is 7.37. The summed E-state index contributed by atoms with van der Waals surface area (Å²) in [6.45, 7) is 2.99. The van der Waals surface area contributed by atoms with Crippen molar-refractivity contribution >= 4 is 19.8 Å². The molecule has 1 fully saturated rings. The molecular formula is C47H79O14P. The Kier molecular flexibility index (Phi) is 33.8. The van der Waals surface area contributed by atoms with E-state index in [2.05, 4.69) is 19.1 Å². The molecule has 0 radical (unpaired) electrons. The molecule has 1 rings (SSSR count). The SMILES string of the molecule is CC/C=C\C(O)C/C=C/C=C\C/C=C\C/C=C\CCCC(=O)O[C@H](COC(=O)CCCCCCC/C=C\CCCCCCCC)COP(=O)(O)OC1[C@H](O)[C@H](O)C(O)[C@H](O)[C@H]1O. The van der Waals surface area contributed by atoms with Crippen LogP contribution in [-0.2, 0) is 32.7 Å². The lowest BCUT2D eigenvalue weighted by atomic mass is 9.85. The molecule has 4 unspecified atom stereocenters. The molecule has 0 heterocycles. The summed E-state index contributed by atoms with van der Waals surface area (Å²) >= 11 is 0. The van der Waals surface area contributed by atoms with Crippen molar-refractivity contribution in [1.82, 2.24) is 0 Å². The fourth-order valence-electron chi connectivity index (χ4n) is 6.40. The number of carbonyl (C=O) groups excluding carboxylic acids is 2. The van der Waals surface area contributed by atoms with E-state index < -0.39 is 81.8 Å². The quantitative estimate of drug-likeness (QED) is 0.0105. The highest BCUT2D eigenvalue weighted by atomic mass is 31.2. The van der Waals surface area contributed by atoms with E-state index in [0.29, 0.717) is 32.1 Å². The Bertz CT molecular complexity index is 1380. The van der Waals surface area contributed by atoms with Gasteiger partial charge in [-0.2, -0.15) is 0 Å². The van der Waals surface area contributed by atoms with E-state index >= 15 is 0 Å². The van der Waals surface area contributed by atoms with E-state index in [1.807, 2.05) is 61.6 Å². The number of hydrogen-bond acceptors (Lipinski definition) is 13. The second-order valence-electron chi connectivity index (χ2n) is 15.7. The molecule has 1 aliphatic carbocycles. The van der Waals surface area contributed by atoms with Crippen LogP contribution in [0.3, 0.4) is 0 Å². The van der Waals surface area contributed by atoms with Crippen LogP contribution in [0.5, 0.6) is 0 Å². The van der Waals surface area contributed by atoms with E-state index in [9.17, 15) is 49.7 Å². The van der Waals surface area contributed by atoms with Gasteiger partial charge in [0.1, 0.15) is 43.2 Å². The fraction of sp³-hybridized carbons (Fsp3) is 0.702. The Morgan fingerprint density at radius 3 is 1.76 bits per heavy atom. The average Bonchev–Trinajstić information content (AvgIpc) is 3.25. The first-order valence-electron chi connectivity index (χ1n) is 22.8. The highest BCUT2D eigenvalue weighted by Gasteiger charge is 2.51. The zero-order chi connectivity index (χ0) is 45.9. The number of aliphatic hydroxyl groups excluding tert-OH is 6. The molecule has 0 aromatic carbocycles. The van der Waals surface area contributed by atoms with Crippen LogP contribution < -0.4 is 0 Å². The molecule has 0 aromatic heterocycles. The van der Waals surface area contributed by atoms with Gasteiger partial charge in [0.05, 0.1) is 12.7 Å². The van der Waals surface area contributed by atoms with E-state index in [0.717, 1.165) is 51.4 Å². The van der Waals surface area contributed by atoms with E-state index in [4.69, 9.17) is 18.5 Å². The summed E-state index contributed by atoms with van der Waals surface area (Å²) in [7, 11) is -5.15. The standard InChI is InChI=1S/C47H79O14P/c1-3-5-7-8-9-10-11-12-13-14-18-21-24-27-30-34-40(49)58-36-39(37-59-62(56,57)61-47-45(54)43(52)42(51)44(53)46(47)55)60-41(50)35-31-28-25-22-19-16-15-17-20-23-26-29-33-38(48)32-6-4-2/h6,12-13,15-16,20,22-23,25-26,29,32,38-39,42-48,51-55H,3-5,7-11,14,17-19,21,24,27-28,30-31,33-37H2,1-2H3,(H,56,57)/b13-12-,16-15-,23-20-,25-22-,29-26+,32-6-/t38?,39-,42?,43-,44+,45-,46-,47?/m1/s1. The maximum atomic E-state index is 12.8. The van der Waals surface area contributed by atoms with Crippen LogP contribution in [0.15, 0.2) is 72.9 Å². The molecule has 0 amide bonds. The molecule has 1 aliphatic rings. The van der Waals surface area contributed by atoms with Crippen molar-refractivity contribution in [2.45, 2.75) is 198 Å². The number of hydrogen-bond donors (Lipinski definition) is 7. The van der Waals surface area contributed by atoms with Gasteiger partial charge < -0.3 is 45.0 Å². The molecule has 356 valence electrons. The maximum Gasteiger partial charge on any atom is 0.472 e. The first-order chi connectivity index (χ1) is 29.8. The number of phosphoric ester groups is 1. The Hall–Kier alpha value is -2.75. The Balaban J connectivity index is 2.54. The highest BCUT2D eigenvalue weighted by molar-refractivity contribution is 7.47. The van der Waals surface area contributed by atoms with Crippen LogP contribution in [0, 0.1) is 0 Å². The van der Waals surface area contributed by atoms with Gasteiger partial charge in [-0.3, -0.25) is 18.6 Å². The molecule has 0 aliphatic heterocycles. The van der Waals surface area contributed by atoms with Crippen molar-refractivity contribution in [1.29, 1.82) is 0 Å². The number of ether oxygens (including phenoxy) is 2. The smallest absolute Gasteiger partial charge is 0.462 e. The molecule has 0 saturated heterocycles. The van der Waals surface area contributed by atoms with Gasteiger partial charge >= 0.3 is 19.8 Å². The van der Waals surface area contributed by atoms with Gasteiger partial charge in [0.25, 0.3) is 0 Å². The molecule has 7 N–H and O–H groups in total. The van der Waals surface area contributed by atoms with Crippen molar-refractivity contribution in [3.05, 3.63) is 72.9 Å². The van der Waals surface area contributed by atoms with Crippen LogP contribution in [-0.4, -0.2) is 110 Å². The Morgan fingerprint density at radius 1 is 0.597 bits per heavy atom. The summed E-state index contributed by atoms with van der Waals surface area (Å²) < 4.78 is 33.4. The molecule has 9 atom stereocenters. The summed E-state index contributed by atoms with van der Waals surface area (Å²) in [6.07, 6.45) is 28.7. The second-order valence-corrected chi connectivity index (χ2v) is 17.1. The maximum absolute atomic E-state index is 12.8. The van der Waals surface area contributed by atoms with Crippen LogP contribution in [0.2, 0.25) is 0 Å². The van der Waals surface area contributed by atoms with Gasteiger partial charge in [0.15, 0.2) is 6.10 Å². The first kappa shape index (κ1) is 57.3. The lowest BCUT2D eigenvalue weighted by Gasteiger charge is -2.41. The number of esters is 2. The lowest BCUT2D eigenvalue weighted by molar-refractivity contribution is -0.220. The van der Waals surface area contributed by atoms with Crippen molar-refractivity contribution in [2.24, 2.45) is 0 Å². The Labute approximate surface area is 370 Å². The zero-order valence-corrected chi connectivity index (χ0v) is 38.1. The zero-order valence-electron chi connectivity index (χ0n) is 37.2. The summed E-state index contributed by atoms with van der Waals surface area (Å²) in [5, 5.41) is 59.9. The number of rotatable bonds is 36. The highest BCUT2D eigenvalue weighted by Crippen LogP contribution is 2.47. The second kappa shape index (κ2) is 36.6. The predicted molar refractivity (Wildman–Crippen MR) is 241 cm³/mol. The number of allylic oxidation sites excluding steroid dienone is 10. The minimum Gasteiger partial charge on any atom is -0.462 e. The molecular weight excluding hydrogens is 819 g/mol. The van der Waals surface area contributed by atoms with Gasteiger partial charge in [-0.05, 0) is 70.6 Å². The largest absolute Gasteiger partial charge is 0.472 e. The molecule has 15 heteroatoms. The summed E-state index contributed by atoms with van der Waals surface area (Å²) in [5.41, 5.74) is 0. The summed E-state index contributed by atoms with van der Waals surface area (Å²) in [6, 6.07) is 0. The van der Waals surface area contributed by atoms with Crippen molar-refractivity contribution < 1.29 is 68.2 Å². The summed E-state index contributed by atoms with van der Waals surface area (Å²) in [4.78, 5) is 35.7. The van der Waals surface area contributed by atoms with Crippen LogP contribution in [0.4, 0.5) is 0 Å². The number of aliphatic hydroxyl groups is 6. The molecule has 1 saturated carbocycles. The van der Waals surface area contributed by atoms with Gasteiger partial charge in [0.2, 0.25) is 0 Å². The van der Waals surface area contributed by atoms with E-state index in [-0.39, 0.29) is 12.8 Å². The normalized spacial score (nSPS) is 23.0. The van der Waals surface area contributed by atoms with Crippen LogP contribution >= 0.6 is 7.82 Å². The first-order valence-corrected chi connectivity index (χ1v) is 24.3. The van der Waals surface area contributed by atoms with E-state index in [1.54, 1.807) is 6.08 Å². The van der Waals surface area contributed by atoms with Crippen molar-refractivity contribution in [3.63, 3.8) is 0 Å². The van der Waals surface area contributed by atoms with Crippen molar-refractivity contribution in [2.75, 3.05) is 13.2 Å². The lowest BCUT2D eigenvalue weighted by Crippen LogP contribution is -2.64. The van der Waals surface area contributed by atoms with Crippen LogP contribution in [0.1, 0.15) is 149 Å². The number of phosphoric acid groups is 1. The van der Waals surface area contributed by atoms with E-state index in [1.165, 1.54) is 38.5 Å². The summed E-state index contributed by atoms with van der Waals surface area (Å²) in [5.74, 6) is -1.21. The minimum absolute atomic E-state index is 0.00434.